The van der Waals surface area contributed by atoms with Gasteiger partial charge in [0.1, 0.15) is 12.6 Å². The van der Waals surface area contributed by atoms with E-state index in [2.05, 4.69) is 5.32 Å². The molecule has 0 heterocycles. The van der Waals surface area contributed by atoms with Gasteiger partial charge in [-0.1, -0.05) is 12.1 Å². The highest BCUT2D eigenvalue weighted by Gasteiger charge is 2.13. The highest BCUT2D eigenvalue weighted by Crippen LogP contribution is 2.13. The number of nitriles is 1. The summed E-state index contributed by atoms with van der Waals surface area (Å²) in [5.41, 5.74) is 0.682. The number of carbonyl (C=O) groups is 2. The van der Waals surface area contributed by atoms with Crippen molar-refractivity contribution in [2.75, 3.05) is 18.9 Å². The lowest BCUT2D eigenvalue weighted by atomic mass is 10.2. The zero-order valence-corrected chi connectivity index (χ0v) is 9.17. The smallest absolute Gasteiger partial charge is 0.323 e. The number of hydrogen-bond acceptors (Lipinski definition) is 3. The summed E-state index contributed by atoms with van der Waals surface area (Å²) in [5.74, 6) is -1.10. The molecule has 1 aromatic rings. The molecule has 0 aliphatic rings. The summed E-state index contributed by atoms with van der Waals surface area (Å²) >= 11 is 0. The van der Waals surface area contributed by atoms with Crippen molar-refractivity contribution >= 4 is 17.7 Å². The molecule has 0 saturated carbocycles. The molecule has 88 valence electrons. The van der Waals surface area contributed by atoms with Crippen molar-refractivity contribution in [2.24, 2.45) is 0 Å². The van der Waals surface area contributed by atoms with Crippen LogP contribution in [0.5, 0.6) is 0 Å². The van der Waals surface area contributed by atoms with Crippen LogP contribution in [0.2, 0.25) is 0 Å². The van der Waals surface area contributed by atoms with Gasteiger partial charge in [0.2, 0.25) is 0 Å². The Balaban J connectivity index is 2.75. The summed E-state index contributed by atoms with van der Waals surface area (Å²) in [6.45, 7) is -0.402. The standard InChI is InChI=1S/C11H11N3O3/c1-14(7-10(15)16)11(17)13-9-5-3-2-4-8(9)6-12/h2-5H,7H2,1H3,(H,13,17)(H,15,16). The molecule has 2 amide bonds. The number of urea groups is 1. The Morgan fingerprint density at radius 3 is 2.71 bits per heavy atom. The molecule has 17 heavy (non-hydrogen) atoms. The SMILES string of the molecule is CN(CC(=O)O)C(=O)Nc1ccccc1C#N. The Bertz CT molecular complexity index is 479. The van der Waals surface area contributed by atoms with Crippen molar-refractivity contribution < 1.29 is 14.7 Å². The van der Waals surface area contributed by atoms with E-state index >= 15 is 0 Å². The van der Waals surface area contributed by atoms with Crippen LogP contribution in [-0.2, 0) is 4.79 Å². The Labute approximate surface area is 98.1 Å². The van der Waals surface area contributed by atoms with Crippen molar-refractivity contribution in [1.82, 2.24) is 4.90 Å². The highest BCUT2D eigenvalue weighted by atomic mass is 16.4. The molecule has 0 radical (unpaired) electrons. The minimum atomic E-state index is -1.10. The molecule has 0 atom stereocenters. The first-order valence-corrected chi connectivity index (χ1v) is 4.77. The second-order valence-electron chi connectivity index (χ2n) is 3.34. The Morgan fingerprint density at radius 1 is 1.47 bits per heavy atom. The zero-order valence-electron chi connectivity index (χ0n) is 9.17. The van der Waals surface area contributed by atoms with Gasteiger partial charge in [-0.25, -0.2) is 4.79 Å². The number of rotatable bonds is 3. The van der Waals surface area contributed by atoms with E-state index < -0.39 is 18.5 Å². The predicted molar refractivity (Wildman–Crippen MR) is 60.4 cm³/mol. The van der Waals surface area contributed by atoms with Gasteiger partial charge in [0, 0.05) is 7.05 Å². The van der Waals surface area contributed by atoms with Gasteiger partial charge >= 0.3 is 12.0 Å². The molecule has 6 nitrogen and oxygen atoms in total. The normalized spacial score (nSPS) is 9.18. The summed E-state index contributed by atoms with van der Waals surface area (Å²) in [6.07, 6.45) is 0. The number of nitrogens with one attached hydrogen (secondary N) is 1. The summed E-state index contributed by atoms with van der Waals surface area (Å²) in [5, 5.41) is 19.8. The highest BCUT2D eigenvalue weighted by molar-refractivity contribution is 5.92. The average Bonchev–Trinajstić information content (AvgIpc) is 2.28. The largest absolute Gasteiger partial charge is 0.480 e. The van der Waals surface area contributed by atoms with Crippen molar-refractivity contribution in [3.8, 4) is 6.07 Å². The summed E-state index contributed by atoms with van der Waals surface area (Å²) in [6, 6.07) is 7.84. The van der Waals surface area contributed by atoms with Gasteiger partial charge < -0.3 is 15.3 Å². The Hall–Kier alpha value is -2.55. The van der Waals surface area contributed by atoms with Crippen LogP contribution < -0.4 is 5.32 Å². The third-order valence-corrected chi connectivity index (χ3v) is 2.01. The van der Waals surface area contributed by atoms with Crippen molar-refractivity contribution in [3.63, 3.8) is 0 Å². The molecule has 0 saturated heterocycles. The summed E-state index contributed by atoms with van der Waals surface area (Å²) < 4.78 is 0. The number of anilines is 1. The third kappa shape index (κ3) is 3.50. The van der Waals surface area contributed by atoms with E-state index in [1.54, 1.807) is 24.3 Å². The minimum Gasteiger partial charge on any atom is -0.480 e. The first kappa shape index (κ1) is 12.5. The zero-order chi connectivity index (χ0) is 12.8. The second-order valence-corrected chi connectivity index (χ2v) is 3.34. The molecule has 0 unspecified atom stereocenters. The topological polar surface area (TPSA) is 93.4 Å². The van der Waals surface area contributed by atoms with Crippen molar-refractivity contribution in [2.45, 2.75) is 0 Å². The molecule has 6 heteroatoms. The fraction of sp³-hybridized carbons (Fsp3) is 0.182. The lowest BCUT2D eigenvalue weighted by Crippen LogP contribution is -2.35. The molecule has 0 fully saturated rings. The Morgan fingerprint density at radius 2 is 2.12 bits per heavy atom. The fourth-order valence-electron chi connectivity index (χ4n) is 1.17. The number of para-hydroxylation sites is 1. The van der Waals surface area contributed by atoms with Crippen LogP contribution in [0.1, 0.15) is 5.56 Å². The average molecular weight is 233 g/mol. The lowest BCUT2D eigenvalue weighted by Gasteiger charge is -2.15. The second kappa shape index (κ2) is 5.51. The van der Waals surface area contributed by atoms with E-state index in [0.717, 1.165) is 4.90 Å². The van der Waals surface area contributed by atoms with Crippen LogP contribution in [0.3, 0.4) is 0 Å². The molecule has 0 spiro atoms. The van der Waals surface area contributed by atoms with Crippen molar-refractivity contribution in [3.05, 3.63) is 29.8 Å². The molecular weight excluding hydrogens is 222 g/mol. The van der Waals surface area contributed by atoms with Crippen LogP contribution in [0.15, 0.2) is 24.3 Å². The van der Waals surface area contributed by atoms with E-state index in [9.17, 15) is 9.59 Å². The van der Waals surface area contributed by atoms with Gasteiger partial charge in [0.05, 0.1) is 11.3 Å². The van der Waals surface area contributed by atoms with E-state index in [0.29, 0.717) is 11.3 Å². The number of aliphatic carboxylic acids is 1. The van der Waals surface area contributed by atoms with Crippen LogP contribution in [0, 0.1) is 11.3 Å². The third-order valence-electron chi connectivity index (χ3n) is 2.01. The van der Waals surface area contributed by atoms with E-state index in [-0.39, 0.29) is 0 Å². The van der Waals surface area contributed by atoms with E-state index in [4.69, 9.17) is 10.4 Å². The van der Waals surface area contributed by atoms with Crippen LogP contribution >= 0.6 is 0 Å². The number of amides is 2. The van der Waals surface area contributed by atoms with Gasteiger partial charge in [0.25, 0.3) is 0 Å². The van der Waals surface area contributed by atoms with Gasteiger partial charge in [-0.3, -0.25) is 4.79 Å². The summed E-state index contributed by atoms with van der Waals surface area (Å²) in [7, 11) is 1.36. The molecule has 1 aromatic carbocycles. The molecule has 0 aliphatic heterocycles. The van der Waals surface area contributed by atoms with Crippen LogP contribution in [0.4, 0.5) is 10.5 Å². The maximum absolute atomic E-state index is 11.6. The first-order chi connectivity index (χ1) is 8.04. The lowest BCUT2D eigenvalue weighted by molar-refractivity contribution is -0.137. The number of benzene rings is 1. The van der Waals surface area contributed by atoms with E-state index in [1.165, 1.54) is 7.05 Å². The van der Waals surface area contributed by atoms with Crippen molar-refractivity contribution in [1.29, 1.82) is 5.26 Å². The van der Waals surface area contributed by atoms with E-state index in [1.807, 2.05) is 6.07 Å². The van der Waals surface area contributed by atoms with Gasteiger partial charge in [-0.05, 0) is 12.1 Å². The van der Waals surface area contributed by atoms with Gasteiger partial charge in [-0.2, -0.15) is 5.26 Å². The number of nitrogens with zero attached hydrogens (tertiary/aromatic N) is 2. The first-order valence-electron chi connectivity index (χ1n) is 4.77. The number of carboxylic acids is 1. The predicted octanol–water partition coefficient (Wildman–Crippen LogP) is 1.11. The quantitative estimate of drug-likeness (QED) is 0.817. The molecule has 0 bridgehead atoms. The monoisotopic (exact) mass is 233 g/mol. The van der Waals surface area contributed by atoms with Crippen LogP contribution in [0.25, 0.3) is 0 Å². The van der Waals surface area contributed by atoms with Gasteiger partial charge in [-0.15, -0.1) is 0 Å². The molecule has 1 rings (SSSR count). The molecule has 2 N–H and O–H groups in total. The summed E-state index contributed by atoms with van der Waals surface area (Å²) in [4.78, 5) is 23.0. The maximum atomic E-state index is 11.6. The molecule has 0 aliphatic carbocycles. The molecular formula is C11H11N3O3. The number of likely N-dealkylation sites (N-methyl/N-ethyl adjacent to an activating group) is 1. The fourth-order valence-corrected chi connectivity index (χ4v) is 1.17. The molecule has 0 aromatic heterocycles. The number of hydrogen-bond donors (Lipinski definition) is 2. The minimum absolute atomic E-state index is 0.324. The van der Waals surface area contributed by atoms with Gasteiger partial charge in [0.15, 0.2) is 0 Å². The Kier molecular flexibility index (Phi) is 4.06. The number of carboxylic acid groups (broad SMARTS) is 1. The van der Waals surface area contributed by atoms with Crippen LogP contribution in [-0.4, -0.2) is 35.6 Å². The number of carbonyl (C=O) groups excluding carboxylic acids is 1. The maximum Gasteiger partial charge on any atom is 0.323 e.